The van der Waals surface area contributed by atoms with Gasteiger partial charge < -0.3 is 5.73 Å². The number of nitrogens with one attached hydrogen (secondary N) is 1. The summed E-state index contributed by atoms with van der Waals surface area (Å²) in [6.07, 6.45) is 0.599. The van der Waals surface area contributed by atoms with Crippen LogP contribution in [0.15, 0.2) is 16.6 Å². The summed E-state index contributed by atoms with van der Waals surface area (Å²) in [6, 6.07) is 3.44. The second kappa shape index (κ2) is 5.71. The number of benzene rings is 1. The lowest BCUT2D eigenvalue weighted by Crippen LogP contribution is -2.21. The Hall–Kier alpha value is -0.750. The fraction of sp³-hybridized carbons (Fsp3) is 0.538. The number of hydrogen-bond acceptors (Lipinski definition) is 3. The molecule has 0 saturated carbocycles. The zero-order valence-corrected chi connectivity index (χ0v) is 14.2. The lowest BCUT2D eigenvalue weighted by molar-refractivity contribution is 0.397. The average molecular weight is 349 g/mol. The predicted octanol–water partition coefficient (Wildman–Crippen LogP) is 3.52. The van der Waals surface area contributed by atoms with Gasteiger partial charge in [-0.2, -0.15) is 0 Å². The highest BCUT2D eigenvalue weighted by atomic mass is 79.9. The average Bonchev–Trinajstić information content (AvgIpc) is 2.22. The Morgan fingerprint density at radius 2 is 1.89 bits per heavy atom. The maximum absolute atomic E-state index is 12.0. The number of rotatable bonds is 4. The van der Waals surface area contributed by atoms with Crippen molar-refractivity contribution in [3.63, 3.8) is 0 Å². The van der Waals surface area contributed by atoms with Crippen LogP contribution in [0, 0.1) is 12.3 Å². The van der Waals surface area contributed by atoms with Crippen molar-refractivity contribution in [2.24, 2.45) is 5.41 Å². The number of hydrogen-bond donors (Lipinski definition) is 2. The molecule has 0 unspecified atom stereocenters. The van der Waals surface area contributed by atoms with E-state index in [0.717, 1.165) is 5.56 Å². The molecule has 4 nitrogen and oxygen atoms in total. The first-order valence-corrected chi connectivity index (χ1v) is 8.51. The van der Waals surface area contributed by atoms with Crippen molar-refractivity contribution in [2.75, 3.05) is 16.2 Å². The highest BCUT2D eigenvalue weighted by molar-refractivity contribution is 9.10. The van der Waals surface area contributed by atoms with Crippen molar-refractivity contribution < 1.29 is 8.42 Å². The molecule has 0 heterocycles. The van der Waals surface area contributed by atoms with E-state index in [4.69, 9.17) is 5.73 Å². The van der Waals surface area contributed by atoms with Gasteiger partial charge in [0.2, 0.25) is 10.0 Å². The second-order valence-corrected chi connectivity index (χ2v) is 8.62. The minimum Gasteiger partial charge on any atom is -0.398 e. The molecule has 1 aromatic carbocycles. The van der Waals surface area contributed by atoms with Gasteiger partial charge in [0, 0.05) is 10.2 Å². The van der Waals surface area contributed by atoms with Crippen molar-refractivity contribution in [1.82, 2.24) is 0 Å². The quantitative estimate of drug-likeness (QED) is 0.817. The number of sulfonamides is 1. The molecule has 1 rings (SSSR count). The van der Waals surface area contributed by atoms with E-state index in [2.05, 4.69) is 20.7 Å². The Balaban J connectivity index is 2.87. The van der Waals surface area contributed by atoms with Gasteiger partial charge in [0.1, 0.15) is 0 Å². The SMILES string of the molecule is Cc1cc(Br)c(NS(=O)(=O)CCC(C)(C)C)cc1N. The van der Waals surface area contributed by atoms with Crippen LogP contribution in [0.2, 0.25) is 0 Å². The number of anilines is 2. The van der Waals surface area contributed by atoms with Crippen molar-refractivity contribution in [3.05, 3.63) is 22.2 Å². The maximum Gasteiger partial charge on any atom is 0.232 e. The summed E-state index contributed by atoms with van der Waals surface area (Å²) in [7, 11) is -3.36. The third-order valence-corrected chi connectivity index (χ3v) is 4.67. The normalized spacial score (nSPS) is 12.5. The van der Waals surface area contributed by atoms with Crippen LogP contribution in [0.3, 0.4) is 0 Å². The predicted molar refractivity (Wildman–Crippen MR) is 84.8 cm³/mol. The fourth-order valence-corrected chi connectivity index (χ4v) is 3.60. The van der Waals surface area contributed by atoms with E-state index in [1.54, 1.807) is 12.1 Å². The van der Waals surface area contributed by atoms with Crippen LogP contribution in [0.4, 0.5) is 11.4 Å². The maximum atomic E-state index is 12.0. The zero-order chi connectivity index (χ0) is 14.8. The van der Waals surface area contributed by atoms with Crippen LogP contribution in [-0.4, -0.2) is 14.2 Å². The van der Waals surface area contributed by atoms with E-state index in [9.17, 15) is 8.42 Å². The summed E-state index contributed by atoms with van der Waals surface area (Å²) in [5.41, 5.74) is 7.74. The van der Waals surface area contributed by atoms with Gasteiger partial charge in [-0.1, -0.05) is 20.8 Å². The van der Waals surface area contributed by atoms with Crippen LogP contribution >= 0.6 is 15.9 Å². The van der Waals surface area contributed by atoms with E-state index in [-0.39, 0.29) is 11.2 Å². The molecule has 0 saturated heterocycles. The molecule has 19 heavy (non-hydrogen) atoms. The highest BCUT2D eigenvalue weighted by Gasteiger charge is 2.18. The van der Waals surface area contributed by atoms with Gasteiger partial charge in [-0.15, -0.1) is 0 Å². The smallest absolute Gasteiger partial charge is 0.232 e. The van der Waals surface area contributed by atoms with Crippen molar-refractivity contribution >= 4 is 37.3 Å². The Bertz CT molecular complexity index is 563. The largest absolute Gasteiger partial charge is 0.398 e. The Morgan fingerprint density at radius 3 is 2.42 bits per heavy atom. The minimum absolute atomic E-state index is 0.0156. The number of aryl methyl sites for hydroxylation is 1. The standard InChI is InChI=1S/C13H21BrN2O2S/c1-9-7-10(14)12(8-11(9)15)16-19(17,18)6-5-13(2,3)4/h7-8,16H,5-6,15H2,1-4H3. The zero-order valence-electron chi connectivity index (χ0n) is 11.7. The van der Waals surface area contributed by atoms with Crippen LogP contribution in [0.5, 0.6) is 0 Å². The van der Waals surface area contributed by atoms with Crippen molar-refractivity contribution in [3.8, 4) is 0 Å². The number of nitrogens with two attached hydrogens (primary N) is 1. The minimum atomic E-state index is -3.36. The molecule has 0 amide bonds. The third kappa shape index (κ3) is 5.40. The summed E-state index contributed by atoms with van der Waals surface area (Å²) < 4.78 is 27.3. The molecule has 0 bridgehead atoms. The van der Waals surface area contributed by atoms with Gasteiger partial charge in [0.15, 0.2) is 0 Å². The van der Waals surface area contributed by atoms with Crippen molar-refractivity contribution in [2.45, 2.75) is 34.1 Å². The van der Waals surface area contributed by atoms with Gasteiger partial charge in [0.05, 0.1) is 11.4 Å². The first kappa shape index (κ1) is 16.3. The molecule has 0 aromatic heterocycles. The van der Waals surface area contributed by atoms with E-state index >= 15 is 0 Å². The van der Waals surface area contributed by atoms with E-state index in [0.29, 0.717) is 22.3 Å². The topological polar surface area (TPSA) is 72.2 Å². The monoisotopic (exact) mass is 348 g/mol. The molecule has 0 atom stereocenters. The Kier molecular flexibility index (Phi) is 4.90. The van der Waals surface area contributed by atoms with E-state index < -0.39 is 10.0 Å². The third-order valence-electron chi connectivity index (χ3n) is 2.74. The summed E-state index contributed by atoms with van der Waals surface area (Å²) in [5, 5.41) is 0. The molecule has 108 valence electrons. The van der Waals surface area contributed by atoms with Gasteiger partial charge >= 0.3 is 0 Å². The first-order chi connectivity index (χ1) is 8.50. The first-order valence-electron chi connectivity index (χ1n) is 6.06. The molecular formula is C13H21BrN2O2S. The summed E-state index contributed by atoms with van der Waals surface area (Å²) in [6.45, 7) is 7.92. The fourth-order valence-electron chi connectivity index (χ4n) is 1.43. The van der Waals surface area contributed by atoms with Crippen LogP contribution in [0.25, 0.3) is 0 Å². The lowest BCUT2D eigenvalue weighted by Gasteiger charge is -2.18. The number of nitrogen functional groups attached to an aromatic ring is 1. The Labute approximate surface area is 124 Å². The number of halogens is 1. The molecule has 0 spiro atoms. The van der Waals surface area contributed by atoms with Gasteiger partial charge in [-0.25, -0.2) is 8.42 Å². The molecule has 0 aliphatic heterocycles. The highest BCUT2D eigenvalue weighted by Crippen LogP contribution is 2.29. The van der Waals surface area contributed by atoms with Crippen molar-refractivity contribution in [1.29, 1.82) is 0 Å². The van der Waals surface area contributed by atoms with Crippen LogP contribution < -0.4 is 10.5 Å². The van der Waals surface area contributed by atoms with Crippen LogP contribution in [0.1, 0.15) is 32.8 Å². The van der Waals surface area contributed by atoms with Crippen LogP contribution in [-0.2, 0) is 10.0 Å². The summed E-state index contributed by atoms with van der Waals surface area (Å²) >= 11 is 3.34. The molecular weight excluding hydrogens is 328 g/mol. The molecule has 3 N–H and O–H groups in total. The summed E-state index contributed by atoms with van der Waals surface area (Å²) in [4.78, 5) is 0. The molecule has 6 heteroatoms. The molecule has 1 aromatic rings. The van der Waals surface area contributed by atoms with Gasteiger partial charge in [0.25, 0.3) is 0 Å². The van der Waals surface area contributed by atoms with E-state index in [1.807, 2.05) is 27.7 Å². The lowest BCUT2D eigenvalue weighted by atomic mass is 9.94. The van der Waals surface area contributed by atoms with E-state index in [1.165, 1.54) is 0 Å². The molecule has 0 radical (unpaired) electrons. The van der Waals surface area contributed by atoms with Gasteiger partial charge in [-0.3, -0.25) is 4.72 Å². The molecule has 0 aliphatic carbocycles. The Morgan fingerprint density at radius 1 is 1.32 bits per heavy atom. The molecule has 0 fully saturated rings. The summed E-state index contributed by atoms with van der Waals surface area (Å²) in [5.74, 6) is 0.0940. The second-order valence-electron chi connectivity index (χ2n) is 5.92. The van der Waals surface area contributed by atoms with Gasteiger partial charge in [-0.05, 0) is 52.4 Å². The molecule has 0 aliphatic rings.